The van der Waals surface area contributed by atoms with Gasteiger partial charge in [0.1, 0.15) is 0 Å². The Balaban J connectivity index is 3.20. The molecule has 0 aliphatic carbocycles. The van der Waals surface area contributed by atoms with E-state index in [4.69, 9.17) is 9.62 Å². The fraction of sp³-hybridized carbons (Fsp3) is 0.941. The molecule has 0 aromatic rings. The molecule has 0 saturated carbocycles. The highest BCUT2D eigenvalue weighted by atomic mass is 17.5. The van der Waals surface area contributed by atoms with Gasteiger partial charge in [0, 0.05) is 0 Å². The number of carbonyl (C=O) groups is 1. The summed E-state index contributed by atoms with van der Waals surface area (Å²) in [4.78, 5) is 20.3. The summed E-state index contributed by atoms with van der Waals surface area (Å²) >= 11 is 0. The Hall–Kier alpha value is -0.810. The normalized spacial score (nSPS) is 11.5. The second-order valence-electron chi connectivity index (χ2n) is 6.63. The van der Waals surface area contributed by atoms with Crippen molar-refractivity contribution in [3.8, 4) is 0 Å². The first-order valence-corrected chi connectivity index (χ1v) is 8.65. The number of carbonyl (C=O) groups excluding carboxylic acids is 1. The highest BCUT2D eigenvalue weighted by Gasteiger charge is 2.14. The molecule has 0 aromatic carbocycles. The molecule has 132 valence electrons. The van der Waals surface area contributed by atoms with Gasteiger partial charge in [0.2, 0.25) is 0 Å². The van der Waals surface area contributed by atoms with Crippen molar-refractivity contribution in [3.63, 3.8) is 0 Å². The largest absolute Gasteiger partial charge is 0.542 e. The molecular formula is C17H34O5. The van der Waals surface area contributed by atoms with Crippen molar-refractivity contribution < 1.29 is 24.3 Å². The van der Waals surface area contributed by atoms with Gasteiger partial charge >= 0.3 is 6.16 Å². The monoisotopic (exact) mass is 318 g/mol. The van der Waals surface area contributed by atoms with E-state index in [1.165, 1.54) is 51.4 Å². The Kier molecular flexibility index (Phi) is 13.3. The van der Waals surface area contributed by atoms with E-state index in [-0.39, 0.29) is 0 Å². The summed E-state index contributed by atoms with van der Waals surface area (Å²) in [5.74, 6) is 0. The summed E-state index contributed by atoms with van der Waals surface area (Å²) in [7, 11) is 0. The molecule has 0 aliphatic heterocycles. The van der Waals surface area contributed by atoms with E-state index in [0.29, 0.717) is 6.61 Å². The lowest BCUT2D eigenvalue weighted by Gasteiger charge is -2.15. The summed E-state index contributed by atoms with van der Waals surface area (Å²) in [5.41, 5.74) is -0.531. The number of unbranched alkanes of at least 4 members (excludes halogenated alkanes) is 9. The molecule has 0 radical (unpaired) electrons. The maximum Gasteiger partial charge on any atom is 0.542 e. The van der Waals surface area contributed by atoms with Crippen LogP contribution in [-0.4, -0.2) is 18.4 Å². The minimum Gasteiger partial charge on any atom is -0.432 e. The quantitative estimate of drug-likeness (QED) is 0.188. The van der Waals surface area contributed by atoms with E-state index in [0.717, 1.165) is 12.8 Å². The first-order valence-electron chi connectivity index (χ1n) is 8.65. The van der Waals surface area contributed by atoms with Gasteiger partial charge in [-0.3, -0.25) is 0 Å². The smallest absolute Gasteiger partial charge is 0.432 e. The molecule has 22 heavy (non-hydrogen) atoms. The summed E-state index contributed by atoms with van der Waals surface area (Å²) in [6.45, 7) is 7.94. The molecule has 0 rings (SSSR count). The van der Waals surface area contributed by atoms with E-state index < -0.39 is 11.8 Å². The van der Waals surface area contributed by atoms with Crippen LogP contribution in [0.5, 0.6) is 0 Å². The Labute approximate surface area is 135 Å². The van der Waals surface area contributed by atoms with Gasteiger partial charge in [-0.25, -0.2) is 9.68 Å². The van der Waals surface area contributed by atoms with Crippen LogP contribution in [0.1, 0.15) is 91.9 Å². The summed E-state index contributed by atoms with van der Waals surface area (Å²) in [6.07, 6.45) is 11.6. The van der Waals surface area contributed by atoms with Gasteiger partial charge in [0.25, 0.3) is 0 Å². The van der Waals surface area contributed by atoms with E-state index in [2.05, 4.69) is 16.8 Å². The van der Waals surface area contributed by atoms with Crippen LogP contribution in [0.4, 0.5) is 4.79 Å². The molecule has 0 bridgehead atoms. The zero-order chi connectivity index (χ0) is 16.7. The van der Waals surface area contributed by atoms with Crippen LogP contribution >= 0.6 is 0 Å². The predicted octanol–water partition coefficient (Wildman–Crippen LogP) is 5.72. The third-order valence-corrected chi connectivity index (χ3v) is 3.10. The molecular weight excluding hydrogens is 284 g/mol. The SMILES string of the molecule is CCCCCCCCCCCCOC(=O)OOOC(C)(C)C. The van der Waals surface area contributed by atoms with Crippen molar-refractivity contribution >= 4 is 6.16 Å². The molecule has 0 atom stereocenters. The molecule has 0 amide bonds. The topological polar surface area (TPSA) is 54.0 Å². The van der Waals surface area contributed by atoms with Gasteiger partial charge in [0.05, 0.1) is 12.2 Å². The first kappa shape index (κ1) is 21.2. The van der Waals surface area contributed by atoms with E-state index >= 15 is 0 Å². The predicted molar refractivity (Wildman–Crippen MR) is 86.2 cm³/mol. The standard InChI is InChI=1S/C17H34O5/c1-5-6-7-8-9-10-11-12-13-14-15-19-16(18)20-22-21-17(2,3)4/h5-15H2,1-4H3. The van der Waals surface area contributed by atoms with Crippen molar-refractivity contribution in [3.05, 3.63) is 0 Å². The fourth-order valence-electron chi connectivity index (χ4n) is 1.92. The van der Waals surface area contributed by atoms with E-state index in [1.807, 2.05) is 0 Å². The zero-order valence-electron chi connectivity index (χ0n) is 14.8. The van der Waals surface area contributed by atoms with Crippen molar-refractivity contribution in [1.82, 2.24) is 0 Å². The van der Waals surface area contributed by atoms with Gasteiger partial charge in [-0.15, -0.1) is 0 Å². The highest BCUT2D eigenvalue weighted by molar-refractivity contribution is 5.58. The molecule has 5 heteroatoms. The van der Waals surface area contributed by atoms with Crippen LogP contribution in [0, 0.1) is 0 Å². The lowest BCUT2D eigenvalue weighted by atomic mass is 10.1. The highest BCUT2D eigenvalue weighted by Crippen LogP contribution is 2.11. The van der Waals surface area contributed by atoms with Crippen LogP contribution < -0.4 is 0 Å². The minimum absolute atomic E-state index is 0.355. The molecule has 0 saturated heterocycles. The summed E-state index contributed by atoms with van der Waals surface area (Å²) in [6, 6.07) is 0. The molecule has 0 spiro atoms. The van der Waals surface area contributed by atoms with Gasteiger partial charge in [-0.05, 0) is 32.2 Å². The molecule has 0 heterocycles. The van der Waals surface area contributed by atoms with Gasteiger partial charge in [0.15, 0.2) is 0 Å². The molecule has 0 fully saturated rings. The number of rotatable bonds is 13. The zero-order valence-corrected chi connectivity index (χ0v) is 14.8. The first-order chi connectivity index (χ1) is 10.5. The second kappa shape index (κ2) is 13.8. The second-order valence-corrected chi connectivity index (χ2v) is 6.63. The molecule has 5 nitrogen and oxygen atoms in total. The Bertz CT molecular complexity index is 260. The van der Waals surface area contributed by atoms with Crippen LogP contribution in [0.2, 0.25) is 0 Å². The van der Waals surface area contributed by atoms with Gasteiger partial charge < -0.3 is 4.74 Å². The third kappa shape index (κ3) is 17.2. The third-order valence-electron chi connectivity index (χ3n) is 3.10. The number of hydrogen-bond donors (Lipinski definition) is 0. The number of hydrogen-bond acceptors (Lipinski definition) is 5. The van der Waals surface area contributed by atoms with Crippen LogP contribution in [0.3, 0.4) is 0 Å². The molecule has 0 aliphatic rings. The van der Waals surface area contributed by atoms with Crippen molar-refractivity contribution in [2.75, 3.05) is 6.61 Å². The van der Waals surface area contributed by atoms with Gasteiger partial charge in [-0.1, -0.05) is 64.7 Å². The minimum atomic E-state index is -0.861. The lowest BCUT2D eigenvalue weighted by Crippen LogP contribution is -2.21. The van der Waals surface area contributed by atoms with Gasteiger partial charge in [-0.2, -0.15) is 4.89 Å². The van der Waals surface area contributed by atoms with Crippen molar-refractivity contribution in [2.24, 2.45) is 0 Å². The Morgan fingerprint density at radius 1 is 0.818 bits per heavy atom. The maximum absolute atomic E-state index is 11.1. The molecule has 0 aromatic heterocycles. The molecule has 0 N–H and O–H groups in total. The molecule has 0 unspecified atom stereocenters. The van der Waals surface area contributed by atoms with Crippen molar-refractivity contribution in [1.29, 1.82) is 0 Å². The fourth-order valence-corrected chi connectivity index (χ4v) is 1.92. The van der Waals surface area contributed by atoms with Crippen LogP contribution in [-0.2, 0) is 19.6 Å². The van der Waals surface area contributed by atoms with Crippen LogP contribution in [0.15, 0.2) is 0 Å². The summed E-state index contributed by atoms with van der Waals surface area (Å²) < 4.78 is 4.86. The van der Waals surface area contributed by atoms with Crippen LogP contribution in [0.25, 0.3) is 0 Å². The van der Waals surface area contributed by atoms with Crippen molar-refractivity contribution in [2.45, 2.75) is 97.5 Å². The number of ether oxygens (including phenoxy) is 1. The average Bonchev–Trinajstić information content (AvgIpc) is 2.43. The maximum atomic E-state index is 11.1. The average molecular weight is 318 g/mol. The Morgan fingerprint density at radius 3 is 1.82 bits per heavy atom. The lowest BCUT2D eigenvalue weighted by molar-refractivity contribution is -0.514. The van der Waals surface area contributed by atoms with E-state index in [1.54, 1.807) is 20.8 Å². The Morgan fingerprint density at radius 2 is 1.32 bits per heavy atom. The van der Waals surface area contributed by atoms with E-state index in [9.17, 15) is 4.79 Å². The summed E-state index contributed by atoms with van der Waals surface area (Å²) in [5, 5.41) is 4.34.